The first-order valence-corrected chi connectivity index (χ1v) is 11.2. The molecule has 0 spiro atoms. The zero-order valence-corrected chi connectivity index (χ0v) is 17.9. The molecule has 3 amide bonds. The first-order chi connectivity index (χ1) is 13.9. The second kappa shape index (κ2) is 9.55. The quantitative estimate of drug-likeness (QED) is 0.673. The molecule has 29 heavy (non-hydrogen) atoms. The number of rotatable bonds is 8. The number of hydrogen-bond donors (Lipinski definition) is 1. The largest absolute Gasteiger partial charge is 0.349 e. The zero-order valence-electron chi connectivity index (χ0n) is 17.9. The monoisotopic (exact) mass is 398 g/mol. The molecule has 1 aliphatic carbocycles. The number of aryl methyl sites for hydroxylation is 1. The van der Waals surface area contributed by atoms with Crippen molar-refractivity contribution in [2.45, 2.75) is 71.8 Å². The second-order valence-electron chi connectivity index (χ2n) is 8.86. The van der Waals surface area contributed by atoms with Crippen LogP contribution >= 0.6 is 0 Å². The van der Waals surface area contributed by atoms with Gasteiger partial charge in [0.05, 0.1) is 17.9 Å². The molecule has 1 aromatic rings. The Labute approximate surface area is 174 Å². The van der Waals surface area contributed by atoms with Gasteiger partial charge in [0.2, 0.25) is 17.7 Å². The molecular weight excluding hydrogens is 364 g/mol. The van der Waals surface area contributed by atoms with Gasteiger partial charge in [-0.1, -0.05) is 64.3 Å². The molecule has 0 aromatic heterocycles. The number of amides is 3. The van der Waals surface area contributed by atoms with E-state index in [4.69, 9.17) is 0 Å². The van der Waals surface area contributed by atoms with Crippen molar-refractivity contribution in [3.05, 3.63) is 35.4 Å². The van der Waals surface area contributed by atoms with E-state index in [2.05, 4.69) is 50.4 Å². The Hall–Kier alpha value is -2.17. The van der Waals surface area contributed by atoms with Gasteiger partial charge in [-0.05, 0) is 36.3 Å². The molecule has 1 saturated heterocycles. The van der Waals surface area contributed by atoms with E-state index in [1.807, 2.05) is 0 Å². The van der Waals surface area contributed by atoms with Crippen LogP contribution in [0.15, 0.2) is 24.3 Å². The van der Waals surface area contributed by atoms with Gasteiger partial charge in [0.15, 0.2) is 0 Å². The van der Waals surface area contributed by atoms with Crippen molar-refractivity contribution in [3.8, 4) is 0 Å². The molecule has 1 aliphatic heterocycles. The number of nitrogens with one attached hydrogen (secondary N) is 1. The van der Waals surface area contributed by atoms with Crippen LogP contribution in [0.1, 0.15) is 76.5 Å². The molecule has 1 saturated carbocycles. The van der Waals surface area contributed by atoms with Gasteiger partial charge in [-0.3, -0.25) is 19.3 Å². The molecular formula is C24H34N2O3. The Morgan fingerprint density at radius 1 is 1.07 bits per heavy atom. The number of benzene rings is 1. The van der Waals surface area contributed by atoms with Crippen LogP contribution in [0.3, 0.4) is 0 Å². The molecule has 0 unspecified atom stereocenters. The molecule has 1 heterocycles. The van der Waals surface area contributed by atoms with Gasteiger partial charge in [-0.2, -0.15) is 0 Å². The summed E-state index contributed by atoms with van der Waals surface area (Å²) in [5.41, 5.74) is 2.39. The fourth-order valence-electron chi connectivity index (χ4n) is 4.73. The minimum absolute atomic E-state index is 0.0700. The van der Waals surface area contributed by atoms with E-state index in [0.717, 1.165) is 44.1 Å². The number of imide groups is 1. The van der Waals surface area contributed by atoms with Crippen molar-refractivity contribution in [1.29, 1.82) is 0 Å². The van der Waals surface area contributed by atoms with E-state index >= 15 is 0 Å². The molecule has 2 aliphatic rings. The van der Waals surface area contributed by atoms with Crippen molar-refractivity contribution in [3.63, 3.8) is 0 Å². The van der Waals surface area contributed by atoms with Gasteiger partial charge < -0.3 is 5.32 Å². The average Bonchev–Trinajstić information content (AvgIpc) is 2.96. The van der Waals surface area contributed by atoms with Crippen LogP contribution in [0.2, 0.25) is 0 Å². The van der Waals surface area contributed by atoms with E-state index < -0.39 is 0 Å². The van der Waals surface area contributed by atoms with E-state index in [0.29, 0.717) is 0 Å². The lowest BCUT2D eigenvalue weighted by Gasteiger charge is -2.24. The van der Waals surface area contributed by atoms with Crippen molar-refractivity contribution in [2.75, 3.05) is 6.54 Å². The first-order valence-electron chi connectivity index (χ1n) is 11.2. The predicted molar refractivity (Wildman–Crippen MR) is 113 cm³/mol. The molecule has 5 nitrogen and oxygen atoms in total. The molecule has 158 valence electrons. The Bertz CT molecular complexity index is 717. The zero-order chi connectivity index (χ0) is 21.0. The van der Waals surface area contributed by atoms with Crippen LogP contribution in [0.25, 0.3) is 0 Å². The third kappa shape index (κ3) is 4.88. The number of carbonyl (C=O) groups is 3. The molecule has 0 bridgehead atoms. The van der Waals surface area contributed by atoms with Crippen LogP contribution in [-0.2, 0) is 20.8 Å². The van der Waals surface area contributed by atoms with Gasteiger partial charge in [-0.25, -0.2) is 0 Å². The maximum Gasteiger partial charge on any atom is 0.233 e. The van der Waals surface area contributed by atoms with Crippen molar-refractivity contribution >= 4 is 17.7 Å². The highest BCUT2D eigenvalue weighted by atomic mass is 16.2. The fraction of sp³-hybridized carbons (Fsp3) is 0.625. The van der Waals surface area contributed by atoms with E-state index in [-0.39, 0.29) is 54.5 Å². The van der Waals surface area contributed by atoms with Crippen LogP contribution in [0, 0.1) is 17.8 Å². The highest BCUT2D eigenvalue weighted by Gasteiger charge is 2.47. The number of likely N-dealkylation sites (tertiary alicyclic amines) is 1. The Morgan fingerprint density at radius 3 is 2.17 bits per heavy atom. The van der Waals surface area contributed by atoms with Crippen molar-refractivity contribution in [1.82, 2.24) is 10.2 Å². The Balaban J connectivity index is 1.58. The summed E-state index contributed by atoms with van der Waals surface area (Å²) in [6, 6.07) is 8.36. The highest BCUT2D eigenvalue weighted by molar-refractivity contribution is 6.05. The maximum absolute atomic E-state index is 12.6. The number of nitrogens with zero attached hydrogens (tertiary/aromatic N) is 1. The van der Waals surface area contributed by atoms with Crippen LogP contribution in [0.4, 0.5) is 0 Å². The van der Waals surface area contributed by atoms with Gasteiger partial charge in [-0.15, -0.1) is 0 Å². The lowest BCUT2D eigenvalue weighted by Crippen LogP contribution is -2.37. The van der Waals surface area contributed by atoms with Gasteiger partial charge in [0, 0.05) is 13.0 Å². The van der Waals surface area contributed by atoms with Gasteiger partial charge in [0.25, 0.3) is 0 Å². The predicted octanol–water partition coefficient (Wildman–Crippen LogP) is 4.02. The molecule has 5 heteroatoms. The molecule has 1 aromatic carbocycles. The summed E-state index contributed by atoms with van der Waals surface area (Å²) < 4.78 is 0. The highest BCUT2D eigenvalue weighted by Crippen LogP contribution is 2.38. The number of fused-ring (bicyclic) bond motifs is 1. The minimum atomic E-state index is -0.149. The summed E-state index contributed by atoms with van der Waals surface area (Å²) in [5, 5.41) is 3.11. The smallest absolute Gasteiger partial charge is 0.233 e. The molecule has 3 rings (SSSR count). The summed E-state index contributed by atoms with van der Waals surface area (Å²) in [4.78, 5) is 39.1. The lowest BCUT2D eigenvalue weighted by molar-refractivity contribution is -0.140. The number of carbonyl (C=O) groups excluding carboxylic acids is 3. The third-order valence-corrected chi connectivity index (χ3v) is 6.36. The summed E-state index contributed by atoms with van der Waals surface area (Å²) in [6.45, 7) is 6.53. The normalized spacial score (nSPS) is 22.7. The van der Waals surface area contributed by atoms with E-state index in [9.17, 15) is 14.4 Å². The standard InChI is InChI=1S/C24H34N2O3/c1-4-7-17-10-12-18(13-11-17)22(16(2)3)25-21(27)14-15-26-23(28)19-8-5-6-9-20(19)24(26)29/h10-13,16,19-20,22H,4-9,14-15H2,1-3H3,(H,25,27)/t19-,20-,22+/m0/s1. The fourth-order valence-corrected chi connectivity index (χ4v) is 4.73. The summed E-state index contributed by atoms with van der Waals surface area (Å²) in [5.74, 6) is -0.307. The SMILES string of the molecule is CCCc1ccc([C@H](NC(=O)CCN2C(=O)[C@H]3CCCC[C@@H]3C2=O)C(C)C)cc1. The number of hydrogen-bond acceptors (Lipinski definition) is 3. The van der Waals surface area contributed by atoms with Gasteiger partial charge >= 0.3 is 0 Å². The molecule has 3 atom stereocenters. The summed E-state index contributed by atoms with van der Waals surface area (Å²) in [7, 11) is 0. The van der Waals surface area contributed by atoms with Crippen LogP contribution < -0.4 is 5.32 Å². The second-order valence-corrected chi connectivity index (χ2v) is 8.86. The molecule has 2 fully saturated rings. The van der Waals surface area contributed by atoms with Crippen molar-refractivity contribution in [2.24, 2.45) is 17.8 Å². The topological polar surface area (TPSA) is 66.5 Å². The molecule has 0 radical (unpaired) electrons. The lowest BCUT2D eigenvalue weighted by atomic mass is 9.81. The van der Waals surface area contributed by atoms with E-state index in [1.54, 1.807) is 0 Å². The van der Waals surface area contributed by atoms with Gasteiger partial charge in [0.1, 0.15) is 0 Å². The average molecular weight is 399 g/mol. The summed E-state index contributed by atoms with van der Waals surface area (Å²) >= 11 is 0. The molecule has 1 N–H and O–H groups in total. The first kappa shape index (κ1) is 21.5. The third-order valence-electron chi connectivity index (χ3n) is 6.36. The summed E-state index contributed by atoms with van der Waals surface area (Å²) in [6.07, 6.45) is 5.97. The van der Waals surface area contributed by atoms with Crippen LogP contribution in [0.5, 0.6) is 0 Å². The van der Waals surface area contributed by atoms with E-state index in [1.165, 1.54) is 10.5 Å². The minimum Gasteiger partial charge on any atom is -0.349 e. The Morgan fingerprint density at radius 2 is 1.66 bits per heavy atom. The van der Waals surface area contributed by atoms with Crippen LogP contribution in [-0.4, -0.2) is 29.2 Å². The Kier molecular flexibility index (Phi) is 7.09. The van der Waals surface area contributed by atoms with Crippen molar-refractivity contribution < 1.29 is 14.4 Å². The maximum atomic E-state index is 12.6.